The molecule has 20 nitrogen and oxygen atoms in total. The number of aliphatic carboxylic acids is 4. The van der Waals surface area contributed by atoms with Crippen molar-refractivity contribution in [1.29, 1.82) is 0 Å². The fourth-order valence-corrected chi connectivity index (χ4v) is 4.95. The third-order valence-electron chi connectivity index (χ3n) is 7.24. The van der Waals surface area contributed by atoms with Crippen LogP contribution in [0, 0.1) is 0 Å². The minimum atomic E-state index is -1.48. The van der Waals surface area contributed by atoms with E-state index in [9.17, 15) is 43.5 Å². The van der Waals surface area contributed by atoms with E-state index in [1.807, 2.05) is 0 Å². The number of aliphatic hydroxyl groups excluding tert-OH is 1. The molecule has 2 unspecified atom stereocenters. The number of carboxylic acids is 4. The summed E-state index contributed by atoms with van der Waals surface area (Å²) in [6.07, 6.45) is -2.02. The highest BCUT2D eigenvalue weighted by Gasteiger charge is 2.36. The number of carbonyl (C=O) groups is 7. The molecule has 20 heteroatoms. The van der Waals surface area contributed by atoms with E-state index in [1.54, 1.807) is 0 Å². The summed E-state index contributed by atoms with van der Waals surface area (Å²) in [5.74, 6) is -7.14. The van der Waals surface area contributed by atoms with Crippen LogP contribution in [-0.2, 0) is 28.8 Å². The smallest absolute Gasteiger partial charge is 0.326 e. The molecule has 2 heterocycles. The number of aliphatic hydroxyl groups is 1. The van der Waals surface area contributed by atoms with Crippen LogP contribution < -0.4 is 31.7 Å². The maximum Gasteiger partial charge on any atom is 0.326 e. The number of rotatable bonds is 17. The first kappa shape index (κ1) is 40.1. The Balaban J connectivity index is 0.00000425. The normalized spacial score (nSPS) is 13.7. The molecule has 0 saturated heterocycles. The number of hydrogen-bond donors (Lipinski definition) is 9. The predicted molar refractivity (Wildman–Crippen MR) is 175 cm³/mol. The monoisotopic (exact) mass is 705 g/mol. The summed E-state index contributed by atoms with van der Waals surface area (Å²) >= 11 is 0. The van der Waals surface area contributed by atoms with E-state index >= 15 is 0 Å². The van der Waals surface area contributed by atoms with Crippen LogP contribution in [0.2, 0.25) is 0 Å². The minimum Gasteiger partial charge on any atom is -0.481 e. The van der Waals surface area contributed by atoms with Gasteiger partial charge in [0.15, 0.2) is 11.5 Å². The van der Waals surface area contributed by atoms with Crippen LogP contribution in [0.4, 0.5) is 23.1 Å². The molecule has 0 aliphatic carbocycles. The molecule has 0 saturated carbocycles. The summed E-state index contributed by atoms with van der Waals surface area (Å²) in [5, 5.41) is 48.5. The lowest BCUT2D eigenvalue weighted by Gasteiger charge is -2.39. The van der Waals surface area contributed by atoms with E-state index < -0.39 is 65.7 Å². The van der Waals surface area contributed by atoms with Crippen molar-refractivity contribution < 1.29 is 59.1 Å². The largest absolute Gasteiger partial charge is 0.481 e. The summed E-state index contributed by atoms with van der Waals surface area (Å²) in [6.45, 7) is -0.269. The number of benzene rings is 1. The molecule has 50 heavy (non-hydrogen) atoms. The number of nitrogens with zero attached hydrogens (tertiary/aromatic N) is 3. The zero-order chi connectivity index (χ0) is 37.5. The second-order valence-corrected chi connectivity index (χ2v) is 10.8. The Morgan fingerprint density at radius 1 is 0.920 bits per heavy atom. The van der Waals surface area contributed by atoms with Crippen molar-refractivity contribution in [1.82, 2.24) is 15.3 Å². The molecule has 272 valence electrons. The van der Waals surface area contributed by atoms with Crippen molar-refractivity contribution in [2.24, 2.45) is 0 Å². The first-order valence-electron chi connectivity index (χ1n) is 15.2. The van der Waals surface area contributed by atoms with Crippen LogP contribution in [-0.4, -0.2) is 109 Å². The van der Waals surface area contributed by atoms with Gasteiger partial charge in [-0.05, 0) is 43.5 Å². The van der Waals surface area contributed by atoms with Gasteiger partial charge in [-0.1, -0.05) is 0 Å². The van der Waals surface area contributed by atoms with Crippen LogP contribution in [0.5, 0.6) is 0 Å². The lowest BCUT2D eigenvalue weighted by Crippen LogP contribution is -2.56. The van der Waals surface area contributed by atoms with E-state index in [-0.39, 0.29) is 86.7 Å². The van der Waals surface area contributed by atoms with Crippen molar-refractivity contribution in [2.75, 3.05) is 41.0 Å². The van der Waals surface area contributed by atoms with Gasteiger partial charge in [0.25, 0.3) is 11.5 Å². The van der Waals surface area contributed by atoms with E-state index in [0.29, 0.717) is 0 Å². The van der Waals surface area contributed by atoms with Crippen LogP contribution in [0.3, 0.4) is 0 Å². The van der Waals surface area contributed by atoms with Gasteiger partial charge in [0.1, 0.15) is 6.04 Å². The van der Waals surface area contributed by atoms with Crippen LogP contribution in [0.15, 0.2) is 29.1 Å². The van der Waals surface area contributed by atoms with Crippen molar-refractivity contribution >= 4 is 64.7 Å². The lowest BCUT2D eigenvalue weighted by atomic mass is 10.1. The molecule has 1 aromatic carbocycles. The van der Waals surface area contributed by atoms with Crippen LogP contribution in [0.25, 0.3) is 0 Å². The Labute approximate surface area is 283 Å². The predicted octanol–water partition coefficient (Wildman–Crippen LogP) is -0.321. The van der Waals surface area contributed by atoms with Crippen molar-refractivity contribution in [3.8, 4) is 0 Å². The standard InChI is InChI=1S/C29H35N7O12.CH4O/c30-29-33-25-24(27(46)34-29)36(20(38)4-2-6-22(41)42)17(13-31-25)14-35(19(37)3-1-5-21(39)40)16-9-7-15(8-10-16)26(45)32-18(28(47)48)11-12-23(43)44;1-2/h7-10,17-18H,1-6,11-14H2,(H,32,45)(H,39,40)(H,41,42)(H,43,44)(H,47,48)(H4,30,31,33,34,46);2H,1H3. The number of amides is 3. The highest BCUT2D eigenvalue weighted by Crippen LogP contribution is 2.29. The number of H-pyrrole nitrogens is 1. The first-order chi connectivity index (χ1) is 23.7. The van der Waals surface area contributed by atoms with Gasteiger partial charge in [-0.3, -0.25) is 43.4 Å². The molecule has 2 atom stereocenters. The summed E-state index contributed by atoms with van der Waals surface area (Å²) in [4.78, 5) is 106. The molecule has 0 fully saturated rings. The molecule has 2 aromatic rings. The second kappa shape index (κ2) is 19.1. The number of fused-ring (bicyclic) bond motifs is 1. The third kappa shape index (κ3) is 11.6. The average molecular weight is 706 g/mol. The molecular weight excluding hydrogens is 666 g/mol. The summed E-state index contributed by atoms with van der Waals surface area (Å²) in [7, 11) is 1.00. The Bertz CT molecular complexity index is 1630. The second-order valence-electron chi connectivity index (χ2n) is 10.8. The third-order valence-corrected chi connectivity index (χ3v) is 7.24. The maximum absolute atomic E-state index is 13.5. The molecule has 0 radical (unpaired) electrons. The molecule has 1 aromatic heterocycles. The zero-order valence-electron chi connectivity index (χ0n) is 27.0. The fraction of sp³-hybridized carbons (Fsp3) is 0.433. The molecular formula is C30H39N7O13. The topological polar surface area (TPSA) is 323 Å². The molecule has 3 rings (SSSR count). The van der Waals surface area contributed by atoms with Gasteiger partial charge in [0.05, 0.1) is 6.04 Å². The zero-order valence-corrected chi connectivity index (χ0v) is 27.0. The van der Waals surface area contributed by atoms with Gasteiger partial charge in [-0.2, -0.15) is 4.98 Å². The maximum atomic E-state index is 13.5. The van der Waals surface area contributed by atoms with Crippen LogP contribution in [0.1, 0.15) is 61.7 Å². The van der Waals surface area contributed by atoms with E-state index in [4.69, 9.17) is 26.2 Å². The Kier molecular flexibility index (Phi) is 15.3. The average Bonchev–Trinajstić information content (AvgIpc) is 3.05. The van der Waals surface area contributed by atoms with E-state index in [0.717, 1.165) is 12.0 Å². The number of anilines is 4. The SMILES string of the molecule is CO.Nc1nc2c(c(=O)[nH]1)N(C(=O)CCCC(=O)O)C(CN(C(=O)CCCC(=O)O)c1ccc(C(=O)NC(CCC(=O)O)C(=O)O)cc1)CN2. The summed E-state index contributed by atoms with van der Waals surface area (Å²) in [5.41, 5.74) is 4.90. The number of nitrogens with one attached hydrogen (secondary N) is 3. The Morgan fingerprint density at radius 2 is 1.50 bits per heavy atom. The molecule has 1 aliphatic heterocycles. The summed E-state index contributed by atoms with van der Waals surface area (Å²) in [6, 6.07) is 2.93. The number of carboxylic acid groups (broad SMARTS) is 4. The minimum absolute atomic E-state index is 0.00296. The Hall–Kier alpha value is -6.05. The fourth-order valence-electron chi connectivity index (χ4n) is 4.95. The molecule has 10 N–H and O–H groups in total. The van der Waals surface area contributed by atoms with Gasteiger partial charge in [0, 0.05) is 63.6 Å². The highest BCUT2D eigenvalue weighted by molar-refractivity contribution is 6.00. The number of hydrogen-bond acceptors (Lipinski definition) is 12. The molecule has 3 amide bonds. The Morgan fingerprint density at radius 3 is 2.06 bits per heavy atom. The van der Waals surface area contributed by atoms with Crippen LogP contribution >= 0.6 is 0 Å². The van der Waals surface area contributed by atoms with Crippen molar-refractivity contribution in [3.63, 3.8) is 0 Å². The number of aromatic amines is 1. The van der Waals surface area contributed by atoms with E-state index in [2.05, 4.69) is 20.6 Å². The number of nitrogen functional groups attached to an aromatic ring is 1. The molecule has 1 aliphatic rings. The summed E-state index contributed by atoms with van der Waals surface area (Å²) < 4.78 is 0. The number of carbonyl (C=O) groups excluding carboxylic acids is 3. The lowest BCUT2D eigenvalue weighted by molar-refractivity contribution is -0.141. The molecule has 0 spiro atoms. The van der Waals surface area contributed by atoms with Gasteiger partial charge in [-0.15, -0.1) is 0 Å². The van der Waals surface area contributed by atoms with Crippen molar-refractivity contribution in [3.05, 3.63) is 40.2 Å². The number of aromatic nitrogens is 2. The van der Waals surface area contributed by atoms with Crippen molar-refractivity contribution in [2.45, 2.75) is 63.5 Å². The van der Waals surface area contributed by atoms with E-state index in [1.165, 1.54) is 29.2 Å². The van der Waals surface area contributed by atoms with Gasteiger partial charge in [0.2, 0.25) is 17.8 Å². The molecule has 0 bridgehead atoms. The number of nitrogens with two attached hydrogens (primary N) is 1. The quantitative estimate of drug-likeness (QED) is 0.102. The highest BCUT2D eigenvalue weighted by atomic mass is 16.4. The van der Waals surface area contributed by atoms with Gasteiger partial charge in [-0.25, -0.2) is 4.79 Å². The van der Waals surface area contributed by atoms with Gasteiger partial charge >= 0.3 is 23.9 Å². The van der Waals surface area contributed by atoms with Gasteiger partial charge < -0.3 is 46.8 Å². The first-order valence-corrected chi connectivity index (χ1v) is 15.2.